The molecular weight excluding hydrogens is 161 g/mol. The van der Waals surface area contributed by atoms with E-state index in [1.807, 2.05) is 0 Å². The number of halogens is 1. The molecule has 0 aliphatic rings. The van der Waals surface area contributed by atoms with Crippen molar-refractivity contribution in [2.45, 2.75) is 13.3 Å². The molecule has 0 bridgehead atoms. The van der Waals surface area contributed by atoms with E-state index in [2.05, 4.69) is 0 Å². The second-order valence-corrected chi connectivity index (χ2v) is 2.59. The first-order chi connectivity index (χ1) is 5.70. The summed E-state index contributed by atoms with van der Waals surface area (Å²) < 4.78 is 16.4. The molecule has 12 heavy (non-hydrogen) atoms. The van der Waals surface area contributed by atoms with Crippen LogP contribution < -0.4 is 0 Å². The van der Waals surface area contributed by atoms with Crippen molar-refractivity contribution in [2.24, 2.45) is 0 Å². The van der Waals surface area contributed by atoms with Crippen molar-refractivity contribution in [3.8, 4) is 0 Å². The highest BCUT2D eigenvalue weighted by molar-refractivity contribution is 5.71. The van der Waals surface area contributed by atoms with Gasteiger partial charge < -0.3 is 4.74 Å². The number of carbonyl (C=O) groups excluding carboxylic acids is 1. The van der Waals surface area contributed by atoms with E-state index in [0.29, 0.717) is 19.6 Å². The van der Waals surface area contributed by atoms with Gasteiger partial charge in [0.25, 0.3) is 0 Å². The van der Waals surface area contributed by atoms with E-state index in [0.717, 1.165) is 0 Å². The lowest BCUT2D eigenvalue weighted by Crippen LogP contribution is -2.28. The number of carbonyl (C=O) groups is 1. The first-order valence-corrected chi connectivity index (χ1v) is 4.10. The summed E-state index contributed by atoms with van der Waals surface area (Å²) in [6, 6.07) is 0. The molecular formula is C8H16FNO2. The maximum atomic E-state index is 11.7. The number of likely N-dealkylation sites (N-methyl/N-ethyl adjacent to an activating group) is 1. The van der Waals surface area contributed by atoms with Crippen LogP contribution in [0.5, 0.6) is 0 Å². The molecule has 0 saturated heterocycles. The molecule has 4 heteroatoms. The van der Waals surface area contributed by atoms with E-state index in [1.54, 1.807) is 18.9 Å². The number of nitrogens with zero attached hydrogens (tertiary/aromatic N) is 1. The summed E-state index contributed by atoms with van der Waals surface area (Å²) in [5, 5.41) is 0. The number of rotatable bonds is 6. The third kappa shape index (κ3) is 6.09. The Hall–Kier alpha value is -0.640. The largest absolute Gasteiger partial charge is 0.465 e. The summed E-state index contributed by atoms with van der Waals surface area (Å²) in [6.07, 6.45) is 0.468. The minimum atomic E-state index is -0.340. The quantitative estimate of drug-likeness (QED) is 0.563. The summed E-state index contributed by atoms with van der Waals surface area (Å²) in [4.78, 5) is 12.6. The van der Waals surface area contributed by atoms with Crippen LogP contribution in [0, 0.1) is 0 Å². The van der Waals surface area contributed by atoms with E-state index in [1.165, 1.54) is 0 Å². The fourth-order valence-corrected chi connectivity index (χ4v) is 0.836. The highest BCUT2D eigenvalue weighted by Crippen LogP contribution is 1.89. The van der Waals surface area contributed by atoms with Gasteiger partial charge in [-0.15, -0.1) is 0 Å². The Morgan fingerprint density at radius 2 is 2.25 bits per heavy atom. The zero-order valence-corrected chi connectivity index (χ0v) is 7.68. The first-order valence-electron chi connectivity index (χ1n) is 4.10. The third-order valence-electron chi connectivity index (χ3n) is 1.38. The molecule has 0 aliphatic heterocycles. The maximum Gasteiger partial charge on any atom is 0.320 e. The van der Waals surface area contributed by atoms with Gasteiger partial charge in [-0.25, -0.2) is 0 Å². The van der Waals surface area contributed by atoms with E-state index in [4.69, 9.17) is 4.74 Å². The Bertz CT molecular complexity index is 130. The minimum absolute atomic E-state index is 0.244. The summed E-state index contributed by atoms with van der Waals surface area (Å²) in [7, 11) is 1.77. The van der Waals surface area contributed by atoms with Gasteiger partial charge in [0.2, 0.25) is 0 Å². The Labute approximate surface area is 72.5 Å². The molecule has 0 atom stereocenters. The van der Waals surface area contributed by atoms with Crippen LogP contribution >= 0.6 is 0 Å². The Morgan fingerprint density at radius 3 is 2.75 bits per heavy atom. The van der Waals surface area contributed by atoms with Gasteiger partial charge in [0, 0.05) is 6.54 Å². The number of esters is 1. The average molecular weight is 177 g/mol. The van der Waals surface area contributed by atoms with Gasteiger partial charge in [0.1, 0.15) is 0 Å². The van der Waals surface area contributed by atoms with Gasteiger partial charge in [-0.1, -0.05) is 0 Å². The highest BCUT2D eigenvalue weighted by atomic mass is 19.1. The van der Waals surface area contributed by atoms with E-state index in [9.17, 15) is 9.18 Å². The summed E-state index contributed by atoms with van der Waals surface area (Å²) >= 11 is 0. The monoisotopic (exact) mass is 177 g/mol. The molecule has 72 valence electrons. The van der Waals surface area contributed by atoms with Crippen LogP contribution in [0.3, 0.4) is 0 Å². The van der Waals surface area contributed by atoms with Gasteiger partial charge in [0.05, 0.1) is 19.8 Å². The molecule has 0 aliphatic carbocycles. The highest BCUT2D eigenvalue weighted by Gasteiger charge is 2.05. The zero-order valence-electron chi connectivity index (χ0n) is 7.68. The van der Waals surface area contributed by atoms with Crippen molar-refractivity contribution in [2.75, 3.05) is 33.4 Å². The van der Waals surface area contributed by atoms with Gasteiger partial charge >= 0.3 is 5.97 Å². The molecule has 0 aromatic heterocycles. The van der Waals surface area contributed by atoms with Crippen molar-refractivity contribution < 1.29 is 13.9 Å². The lowest BCUT2D eigenvalue weighted by Gasteiger charge is -2.13. The molecule has 0 fully saturated rings. The lowest BCUT2D eigenvalue weighted by atomic mass is 10.4. The van der Waals surface area contributed by atoms with Crippen molar-refractivity contribution in [3.63, 3.8) is 0 Å². The smallest absolute Gasteiger partial charge is 0.320 e. The second-order valence-electron chi connectivity index (χ2n) is 2.59. The molecule has 0 aromatic rings. The topological polar surface area (TPSA) is 29.5 Å². The van der Waals surface area contributed by atoms with Crippen molar-refractivity contribution in [3.05, 3.63) is 0 Å². The summed E-state index contributed by atoms with van der Waals surface area (Å²) in [6.45, 7) is 2.66. The van der Waals surface area contributed by atoms with Crippen LogP contribution in [0.25, 0.3) is 0 Å². The number of hydrogen-bond acceptors (Lipinski definition) is 3. The van der Waals surface area contributed by atoms with Crippen LogP contribution in [0.15, 0.2) is 0 Å². The molecule has 0 rings (SSSR count). The average Bonchev–Trinajstić information content (AvgIpc) is 2.01. The van der Waals surface area contributed by atoms with Crippen LogP contribution in [0.4, 0.5) is 4.39 Å². The van der Waals surface area contributed by atoms with Gasteiger partial charge in [0.15, 0.2) is 0 Å². The maximum absolute atomic E-state index is 11.7. The molecule has 0 N–H and O–H groups in total. The molecule has 0 amide bonds. The predicted molar refractivity (Wildman–Crippen MR) is 44.7 cm³/mol. The standard InChI is InChI=1S/C8H16FNO2/c1-3-12-8(11)7-10(2)6-4-5-9/h3-7H2,1-2H3. The van der Waals surface area contributed by atoms with Gasteiger partial charge in [-0.3, -0.25) is 14.1 Å². The fourth-order valence-electron chi connectivity index (χ4n) is 0.836. The van der Waals surface area contributed by atoms with E-state index >= 15 is 0 Å². The van der Waals surface area contributed by atoms with Gasteiger partial charge in [-0.05, 0) is 20.4 Å². The molecule has 3 nitrogen and oxygen atoms in total. The number of ether oxygens (including phenoxy) is 1. The summed E-state index contributed by atoms with van der Waals surface area (Å²) in [5.74, 6) is -0.251. The summed E-state index contributed by atoms with van der Waals surface area (Å²) in [5.41, 5.74) is 0. The van der Waals surface area contributed by atoms with Crippen molar-refractivity contribution in [1.29, 1.82) is 0 Å². The zero-order chi connectivity index (χ0) is 9.40. The fraction of sp³-hybridized carbons (Fsp3) is 0.875. The van der Waals surface area contributed by atoms with Crippen LogP contribution in [-0.4, -0.2) is 44.3 Å². The van der Waals surface area contributed by atoms with E-state index < -0.39 is 0 Å². The molecule has 0 aromatic carbocycles. The van der Waals surface area contributed by atoms with Crippen LogP contribution in [0.1, 0.15) is 13.3 Å². The van der Waals surface area contributed by atoms with Crippen LogP contribution in [0.2, 0.25) is 0 Å². The normalized spacial score (nSPS) is 10.3. The molecule has 0 radical (unpaired) electrons. The molecule has 0 unspecified atom stereocenters. The van der Waals surface area contributed by atoms with Crippen molar-refractivity contribution >= 4 is 5.97 Å². The number of alkyl halides is 1. The second kappa shape index (κ2) is 7.03. The minimum Gasteiger partial charge on any atom is -0.465 e. The molecule has 0 heterocycles. The van der Waals surface area contributed by atoms with Crippen molar-refractivity contribution in [1.82, 2.24) is 4.90 Å². The molecule has 0 saturated carbocycles. The van der Waals surface area contributed by atoms with Crippen LogP contribution in [-0.2, 0) is 9.53 Å². The molecule has 0 spiro atoms. The number of hydrogen-bond donors (Lipinski definition) is 0. The SMILES string of the molecule is CCOC(=O)CN(C)CCCF. The van der Waals surface area contributed by atoms with Gasteiger partial charge in [-0.2, -0.15) is 0 Å². The Kier molecular flexibility index (Phi) is 6.66. The first kappa shape index (κ1) is 11.4. The predicted octanol–water partition coefficient (Wildman–Crippen LogP) is 0.841. The lowest BCUT2D eigenvalue weighted by molar-refractivity contribution is -0.144. The Morgan fingerprint density at radius 1 is 1.58 bits per heavy atom. The van der Waals surface area contributed by atoms with E-state index in [-0.39, 0.29) is 19.2 Å². The Balaban J connectivity index is 3.40. The third-order valence-corrected chi connectivity index (χ3v) is 1.38.